The summed E-state index contributed by atoms with van der Waals surface area (Å²) in [6.07, 6.45) is 1.39. The van der Waals surface area contributed by atoms with Crippen molar-refractivity contribution in [1.29, 1.82) is 0 Å². The van der Waals surface area contributed by atoms with Gasteiger partial charge in [0, 0.05) is 6.20 Å². The Labute approximate surface area is 54.2 Å². The van der Waals surface area contributed by atoms with Crippen LogP contribution < -0.4 is 11.1 Å². The molecule has 0 atom stereocenters. The van der Waals surface area contributed by atoms with Crippen LogP contribution in [0.4, 0.5) is 4.79 Å². The van der Waals surface area contributed by atoms with Crippen LogP contribution in [0.1, 0.15) is 13.8 Å². The Morgan fingerprint density at radius 3 is 2.56 bits per heavy atom. The van der Waals surface area contributed by atoms with Gasteiger partial charge < -0.3 is 11.1 Å². The second-order valence-corrected chi connectivity index (χ2v) is 1.80. The first kappa shape index (κ1) is 7.79. The highest BCUT2D eigenvalue weighted by Gasteiger charge is 1.79. The summed E-state index contributed by atoms with van der Waals surface area (Å²) in [5, 5.41) is 2.26. The summed E-state index contributed by atoms with van der Waals surface area (Å²) in [4.78, 5) is 10.0. The Balaban J connectivity index is 3.74. The van der Waals surface area contributed by atoms with Gasteiger partial charge in [-0.2, -0.15) is 0 Å². The minimum atomic E-state index is -0.566. The van der Waals surface area contributed by atoms with Gasteiger partial charge in [0.25, 0.3) is 0 Å². The molecule has 3 nitrogen and oxygen atoms in total. The molecule has 0 heterocycles. The van der Waals surface area contributed by atoms with Crippen LogP contribution in [-0.4, -0.2) is 6.03 Å². The molecule has 3 N–H and O–H groups in total. The average Bonchev–Trinajstić information content (AvgIpc) is 1.63. The average molecular weight is 126 g/mol. The molecular formula is C6H10N2O. The maximum Gasteiger partial charge on any atom is 0.316 e. The molecule has 0 aliphatic carbocycles. The van der Waals surface area contributed by atoms with E-state index < -0.39 is 6.03 Å². The van der Waals surface area contributed by atoms with Crippen molar-refractivity contribution in [1.82, 2.24) is 5.32 Å². The molecule has 0 spiro atoms. The van der Waals surface area contributed by atoms with E-state index in [9.17, 15) is 4.79 Å². The Morgan fingerprint density at radius 1 is 1.67 bits per heavy atom. The normalized spacial score (nSPS) is 7.33. The molecule has 0 aliphatic rings. The summed E-state index contributed by atoms with van der Waals surface area (Å²) in [7, 11) is 0. The fourth-order valence-electron chi connectivity index (χ4n) is 0.252. The number of hydrogen-bond acceptors (Lipinski definition) is 1. The van der Waals surface area contributed by atoms with Crippen LogP contribution in [0.5, 0.6) is 0 Å². The largest absolute Gasteiger partial charge is 0.351 e. The molecule has 0 aromatic carbocycles. The fraction of sp³-hybridized carbons (Fsp3) is 0.333. The Morgan fingerprint density at radius 2 is 2.22 bits per heavy atom. The minimum Gasteiger partial charge on any atom is -0.351 e. The molecular weight excluding hydrogens is 116 g/mol. The monoisotopic (exact) mass is 126 g/mol. The molecule has 0 rings (SSSR count). The van der Waals surface area contributed by atoms with Gasteiger partial charge in [0.05, 0.1) is 0 Å². The quantitative estimate of drug-likeness (QED) is 0.500. The lowest BCUT2D eigenvalue weighted by molar-refractivity contribution is 0.252. The van der Waals surface area contributed by atoms with Gasteiger partial charge >= 0.3 is 6.03 Å². The number of primary amides is 1. The molecule has 0 aromatic heterocycles. The van der Waals surface area contributed by atoms with Gasteiger partial charge in [-0.3, -0.25) is 0 Å². The highest BCUT2D eigenvalue weighted by Crippen LogP contribution is 1.80. The van der Waals surface area contributed by atoms with Gasteiger partial charge in [-0.15, -0.1) is 5.73 Å². The van der Waals surface area contributed by atoms with Crippen molar-refractivity contribution in [2.75, 3.05) is 0 Å². The number of urea groups is 1. The van der Waals surface area contributed by atoms with Gasteiger partial charge in [-0.25, -0.2) is 4.79 Å². The van der Waals surface area contributed by atoms with Crippen molar-refractivity contribution in [3.8, 4) is 0 Å². The predicted octanol–water partition coefficient (Wildman–Crippen LogP) is 0.734. The summed E-state index contributed by atoms with van der Waals surface area (Å²) >= 11 is 0. The Hall–Kier alpha value is -1.21. The summed E-state index contributed by atoms with van der Waals surface area (Å²) in [6.45, 7) is 3.75. The van der Waals surface area contributed by atoms with E-state index in [0.29, 0.717) is 0 Å². The van der Waals surface area contributed by atoms with Gasteiger partial charge in [0.1, 0.15) is 0 Å². The topological polar surface area (TPSA) is 55.1 Å². The van der Waals surface area contributed by atoms with Crippen LogP contribution >= 0.6 is 0 Å². The van der Waals surface area contributed by atoms with E-state index in [-0.39, 0.29) is 0 Å². The fourth-order valence-corrected chi connectivity index (χ4v) is 0.252. The number of carbonyl (C=O) groups is 1. The highest BCUT2D eigenvalue weighted by atomic mass is 16.2. The van der Waals surface area contributed by atoms with E-state index in [1.54, 1.807) is 0 Å². The van der Waals surface area contributed by atoms with Gasteiger partial charge in [-0.05, 0) is 19.4 Å². The first-order chi connectivity index (χ1) is 4.13. The summed E-state index contributed by atoms with van der Waals surface area (Å²) in [5.41, 5.74) is 8.49. The maximum absolute atomic E-state index is 10.0. The molecule has 2 amide bonds. The SMILES string of the molecule is CC(C)=C=CNC(N)=O. The number of hydrogen-bond donors (Lipinski definition) is 2. The molecule has 0 aromatic rings. The molecule has 0 unspecified atom stereocenters. The van der Waals surface area contributed by atoms with Crippen molar-refractivity contribution in [3.05, 3.63) is 17.5 Å². The van der Waals surface area contributed by atoms with E-state index in [0.717, 1.165) is 5.57 Å². The molecule has 0 saturated heterocycles. The highest BCUT2D eigenvalue weighted by molar-refractivity contribution is 5.72. The van der Waals surface area contributed by atoms with Crippen LogP contribution in [0.25, 0.3) is 0 Å². The van der Waals surface area contributed by atoms with E-state index >= 15 is 0 Å². The summed E-state index contributed by atoms with van der Waals surface area (Å²) < 4.78 is 0. The van der Waals surface area contributed by atoms with Crippen LogP contribution in [-0.2, 0) is 0 Å². The van der Waals surface area contributed by atoms with E-state index in [4.69, 9.17) is 5.73 Å². The molecule has 0 bridgehead atoms. The second kappa shape index (κ2) is 3.75. The summed E-state index contributed by atoms with van der Waals surface area (Å²) in [6, 6.07) is -0.566. The van der Waals surface area contributed by atoms with E-state index in [1.807, 2.05) is 13.8 Å². The molecule has 50 valence electrons. The smallest absolute Gasteiger partial charge is 0.316 e. The number of nitrogens with one attached hydrogen (secondary N) is 1. The lowest BCUT2D eigenvalue weighted by atomic mass is 10.4. The van der Waals surface area contributed by atoms with Crippen LogP contribution in [0.2, 0.25) is 0 Å². The molecule has 3 heteroatoms. The summed E-state index contributed by atoms with van der Waals surface area (Å²) in [5.74, 6) is 0. The standard InChI is InChI=1S/C6H10N2O/c1-5(2)3-4-8-6(7)9/h4H,1-2H3,(H3,7,8,9). The third kappa shape index (κ3) is 6.79. The number of carbonyl (C=O) groups excluding carboxylic acids is 1. The third-order valence-corrected chi connectivity index (χ3v) is 0.575. The predicted molar refractivity (Wildman–Crippen MR) is 35.7 cm³/mol. The lowest BCUT2D eigenvalue weighted by Crippen LogP contribution is -2.23. The van der Waals surface area contributed by atoms with Crippen molar-refractivity contribution in [2.45, 2.75) is 13.8 Å². The number of allylic oxidation sites excluding steroid dienone is 1. The zero-order valence-corrected chi connectivity index (χ0v) is 5.56. The van der Waals surface area contributed by atoms with Crippen LogP contribution in [0.15, 0.2) is 17.5 Å². The zero-order chi connectivity index (χ0) is 7.28. The number of nitrogens with two attached hydrogens (primary N) is 1. The first-order valence-corrected chi connectivity index (χ1v) is 2.57. The Kier molecular flexibility index (Phi) is 3.25. The molecule has 0 saturated carbocycles. The van der Waals surface area contributed by atoms with Crippen molar-refractivity contribution >= 4 is 6.03 Å². The maximum atomic E-state index is 10.0. The Bertz CT molecular complexity index is 162. The van der Waals surface area contributed by atoms with Gasteiger partial charge in [-0.1, -0.05) is 0 Å². The second-order valence-electron chi connectivity index (χ2n) is 1.80. The molecule has 0 fully saturated rings. The molecule has 0 radical (unpaired) electrons. The van der Waals surface area contributed by atoms with E-state index in [1.165, 1.54) is 6.20 Å². The third-order valence-electron chi connectivity index (χ3n) is 0.575. The van der Waals surface area contributed by atoms with Gasteiger partial charge in [0.2, 0.25) is 0 Å². The van der Waals surface area contributed by atoms with Crippen molar-refractivity contribution in [2.24, 2.45) is 5.73 Å². The lowest BCUT2D eigenvalue weighted by Gasteiger charge is -1.85. The first-order valence-electron chi connectivity index (χ1n) is 2.57. The van der Waals surface area contributed by atoms with E-state index in [2.05, 4.69) is 11.0 Å². The number of amides is 2. The number of rotatable bonds is 1. The minimum absolute atomic E-state index is 0.566. The molecule has 9 heavy (non-hydrogen) atoms. The van der Waals surface area contributed by atoms with Crippen molar-refractivity contribution in [3.63, 3.8) is 0 Å². The molecule has 0 aliphatic heterocycles. The van der Waals surface area contributed by atoms with Crippen LogP contribution in [0.3, 0.4) is 0 Å². The van der Waals surface area contributed by atoms with Gasteiger partial charge in [0.15, 0.2) is 0 Å². The zero-order valence-electron chi connectivity index (χ0n) is 5.56. The van der Waals surface area contributed by atoms with Crippen molar-refractivity contribution < 1.29 is 4.79 Å². The van der Waals surface area contributed by atoms with Crippen LogP contribution in [0, 0.1) is 0 Å².